The molecule has 0 aliphatic heterocycles. The second-order valence-corrected chi connectivity index (χ2v) is 3.68. The zero-order valence-corrected chi connectivity index (χ0v) is 9.47. The summed E-state index contributed by atoms with van der Waals surface area (Å²) in [4.78, 5) is 0. The van der Waals surface area contributed by atoms with Crippen LogP contribution in [-0.4, -0.2) is 6.54 Å². The molecule has 80 valence electrons. The van der Waals surface area contributed by atoms with Gasteiger partial charge in [0.25, 0.3) is 0 Å². The molecule has 1 N–H and O–H groups in total. The maximum absolute atomic E-state index is 5.33. The molecule has 1 aromatic rings. The van der Waals surface area contributed by atoms with E-state index in [1.807, 2.05) is 6.92 Å². The molecular weight excluding hydrogens is 174 g/mol. The van der Waals surface area contributed by atoms with Crippen molar-refractivity contribution < 1.29 is 4.42 Å². The summed E-state index contributed by atoms with van der Waals surface area (Å²) in [5.41, 5.74) is 1.32. The van der Waals surface area contributed by atoms with Crippen molar-refractivity contribution in [1.29, 1.82) is 0 Å². The van der Waals surface area contributed by atoms with Gasteiger partial charge in [-0.2, -0.15) is 0 Å². The normalized spacial score (nSPS) is 13.1. The van der Waals surface area contributed by atoms with Crippen molar-refractivity contribution >= 4 is 0 Å². The molecule has 1 rings (SSSR count). The second-order valence-electron chi connectivity index (χ2n) is 3.68. The van der Waals surface area contributed by atoms with Gasteiger partial charge in [0.05, 0.1) is 6.26 Å². The van der Waals surface area contributed by atoms with Crippen molar-refractivity contribution in [3.05, 3.63) is 23.7 Å². The minimum absolute atomic E-state index is 0.471. The number of furan rings is 1. The smallest absolute Gasteiger partial charge is 0.105 e. The van der Waals surface area contributed by atoms with Crippen molar-refractivity contribution in [2.45, 2.75) is 46.1 Å². The fraction of sp³-hybridized carbons (Fsp3) is 0.667. The summed E-state index contributed by atoms with van der Waals surface area (Å²) >= 11 is 0. The van der Waals surface area contributed by atoms with Gasteiger partial charge < -0.3 is 9.73 Å². The van der Waals surface area contributed by atoms with Gasteiger partial charge in [0.15, 0.2) is 0 Å². The summed E-state index contributed by atoms with van der Waals surface area (Å²) in [5.74, 6) is 1.05. The van der Waals surface area contributed by atoms with Crippen LogP contribution >= 0.6 is 0 Å². The molecule has 1 atom stereocenters. The maximum Gasteiger partial charge on any atom is 0.105 e. The number of rotatable bonds is 6. The molecule has 1 heterocycles. The van der Waals surface area contributed by atoms with E-state index in [0.29, 0.717) is 6.04 Å². The SMILES string of the molecule is CCCCC(NCC)c1ccoc1C. The molecule has 0 aromatic carbocycles. The fourth-order valence-electron chi connectivity index (χ4n) is 1.78. The number of aryl methyl sites for hydroxylation is 1. The summed E-state index contributed by atoms with van der Waals surface area (Å²) in [6.07, 6.45) is 5.49. The molecule has 0 saturated heterocycles. The Bertz CT molecular complexity index is 255. The highest BCUT2D eigenvalue weighted by Gasteiger charge is 2.13. The van der Waals surface area contributed by atoms with Crippen LogP contribution in [0.25, 0.3) is 0 Å². The van der Waals surface area contributed by atoms with E-state index in [9.17, 15) is 0 Å². The third kappa shape index (κ3) is 2.88. The number of nitrogens with one attached hydrogen (secondary N) is 1. The molecule has 0 saturated carbocycles. The zero-order valence-electron chi connectivity index (χ0n) is 9.47. The van der Waals surface area contributed by atoms with Gasteiger partial charge in [0, 0.05) is 11.6 Å². The van der Waals surface area contributed by atoms with Crippen molar-refractivity contribution in [2.24, 2.45) is 0 Å². The molecule has 0 radical (unpaired) electrons. The summed E-state index contributed by atoms with van der Waals surface area (Å²) in [6.45, 7) is 7.42. The Morgan fingerprint density at radius 3 is 2.71 bits per heavy atom. The first-order chi connectivity index (χ1) is 6.79. The minimum atomic E-state index is 0.471. The minimum Gasteiger partial charge on any atom is -0.469 e. The third-order valence-corrected chi connectivity index (χ3v) is 2.57. The van der Waals surface area contributed by atoms with Crippen LogP contribution in [0.4, 0.5) is 0 Å². The van der Waals surface area contributed by atoms with Crippen LogP contribution in [0.3, 0.4) is 0 Å². The topological polar surface area (TPSA) is 25.2 Å². The quantitative estimate of drug-likeness (QED) is 0.752. The Morgan fingerprint density at radius 1 is 1.43 bits per heavy atom. The highest BCUT2D eigenvalue weighted by atomic mass is 16.3. The lowest BCUT2D eigenvalue weighted by atomic mass is 10.0. The Labute approximate surface area is 86.7 Å². The first-order valence-corrected chi connectivity index (χ1v) is 5.57. The molecular formula is C12H21NO. The molecule has 0 bridgehead atoms. The average molecular weight is 195 g/mol. The molecule has 0 amide bonds. The Hall–Kier alpha value is -0.760. The van der Waals surface area contributed by atoms with Crippen molar-refractivity contribution in [3.63, 3.8) is 0 Å². The van der Waals surface area contributed by atoms with Gasteiger partial charge in [-0.1, -0.05) is 26.7 Å². The van der Waals surface area contributed by atoms with Gasteiger partial charge in [-0.25, -0.2) is 0 Å². The first kappa shape index (κ1) is 11.3. The van der Waals surface area contributed by atoms with Crippen LogP contribution < -0.4 is 5.32 Å². The van der Waals surface area contributed by atoms with Crippen LogP contribution in [0.2, 0.25) is 0 Å². The number of unbranched alkanes of at least 4 members (excludes halogenated alkanes) is 1. The van der Waals surface area contributed by atoms with Gasteiger partial charge in [-0.3, -0.25) is 0 Å². The lowest BCUT2D eigenvalue weighted by molar-refractivity contribution is 0.473. The maximum atomic E-state index is 5.33. The molecule has 1 aromatic heterocycles. The molecule has 1 unspecified atom stereocenters. The van der Waals surface area contributed by atoms with E-state index in [0.717, 1.165) is 12.3 Å². The molecule has 2 nitrogen and oxygen atoms in total. The largest absolute Gasteiger partial charge is 0.469 e. The van der Waals surface area contributed by atoms with Crippen molar-refractivity contribution in [1.82, 2.24) is 5.32 Å². The summed E-state index contributed by atoms with van der Waals surface area (Å²) < 4.78 is 5.33. The number of hydrogen-bond donors (Lipinski definition) is 1. The second kappa shape index (κ2) is 5.86. The standard InChI is InChI=1S/C12H21NO/c1-4-6-7-12(13-5-2)11-8-9-14-10(11)3/h8-9,12-13H,4-7H2,1-3H3. The van der Waals surface area contributed by atoms with Crippen LogP contribution in [0.15, 0.2) is 16.7 Å². The zero-order chi connectivity index (χ0) is 10.4. The van der Waals surface area contributed by atoms with Gasteiger partial charge >= 0.3 is 0 Å². The predicted molar refractivity (Wildman–Crippen MR) is 59.4 cm³/mol. The molecule has 2 heteroatoms. The Balaban J connectivity index is 2.62. The van der Waals surface area contributed by atoms with Crippen LogP contribution in [-0.2, 0) is 0 Å². The van der Waals surface area contributed by atoms with E-state index >= 15 is 0 Å². The van der Waals surface area contributed by atoms with Gasteiger partial charge in [-0.15, -0.1) is 0 Å². The van der Waals surface area contributed by atoms with E-state index in [1.165, 1.54) is 24.8 Å². The van der Waals surface area contributed by atoms with Crippen molar-refractivity contribution in [3.8, 4) is 0 Å². The highest BCUT2D eigenvalue weighted by Crippen LogP contribution is 2.23. The lowest BCUT2D eigenvalue weighted by Crippen LogP contribution is -2.20. The fourth-order valence-corrected chi connectivity index (χ4v) is 1.78. The molecule has 0 spiro atoms. The van der Waals surface area contributed by atoms with Gasteiger partial charge in [0.2, 0.25) is 0 Å². The predicted octanol–water partition coefficient (Wildman–Crippen LogP) is 3.43. The van der Waals surface area contributed by atoms with Crippen LogP contribution in [0, 0.1) is 6.92 Å². The van der Waals surface area contributed by atoms with E-state index < -0.39 is 0 Å². The average Bonchev–Trinajstić information content (AvgIpc) is 2.59. The molecule has 0 aliphatic rings. The van der Waals surface area contributed by atoms with Crippen LogP contribution in [0.5, 0.6) is 0 Å². The lowest BCUT2D eigenvalue weighted by Gasteiger charge is -2.16. The Morgan fingerprint density at radius 2 is 2.21 bits per heavy atom. The Kier molecular flexibility index (Phi) is 4.74. The number of hydrogen-bond acceptors (Lipinski definition) is 2. The van der Waals surface area contributed by atoms with Crippen LogP contribution in [0.1, 0.15) is 50.5 Å². The first-order valence-electron chi connectivity index (χ1n) is 5.57. The molecule has 0 aliphatic carbocycles. The molecule has 0 fully saturated rings. The van der Waals surface area contributed by atoms with E-state index in [2.05, 4.69) is 25.2 Å². The van der Waals surface area contributed by atoms with Gasteiger partial charge in [0.1, 0.15) is 5.76 Å². The van der Waals surface area contributed by atoms with E-state index in [-0.39, 0.29) is 0 Å². The van der Waals surface area contributed by atoms with Crippen molar-refractivity contribution in [2.75, 3.05) is 6.54 Å². The monoisotopic (exact) mass is 195 g/mol. The van der Waals surface area contributed by atoms with Gasteiger partial charge in [-0.05, 0) is 26.0 Å². The van der Waals surface area contributed by atoms with E-state index in [4.69, 9.17) is 4.42 Å². The summed E-state index contributed by atoms with van der Waals surface area (Å²) in [7, 11) is 0. The summed E-state index contributed by atoms with van der Waals surface area (Å²) in [6, 6.07) is 2.55. The highest BCUT2D eigenvalue weighted by molar-refractivity contribution is 5.20. The third-order valence-electron chi connectivity index (χ3n) is 2.57. The van der Waals surface area contributed by atoms with E-state index in [1.54, 1.807) is 6.26 Å². The molecule has 14 heavy (non-hydrogen) atoms. The summed E-state index contributed by atoms with van der Waals surface area (Å²) in [5, 5.41) is 3.50.